The van der Waals surface area contributed by atoms with Crippen LogP contribution in [-0.4, -0.2) is 24.1 Å². The molecule has 0 spiro atoms. The number of benzene rings is 1. The molecular formula is C16H24N2O2. The number of para-hydroxylation sites is 1. The zero-order chi connectivity index (χ0) is 14.5. The molecule has 20 heavy (non-hydrogen) atoms. The molecule has 1 amide bonds. The Morgan fingerprint density at radius 3 is 2.80 bits per heavy atom. The van der Waals surface area contributed by atoms with Gasteiger partial charge in [-0.05, 0) is 44.2 Å². The molecular weight excluding hydrogens is 252 g/mol. The first-order chi connectivity index (χ1) is 9.60. The first-order valence-corrected chi connectivity index (χ1v) is 7.40. The Kier molecular flexibility index (Phi) is 5.01. The van der Waals surface area contributed by atoms with E-state index in [0.29, 0.717) is 6.04 Å². The molecule has 0 radical (unpaired) electrons. The van der Waals surface area contributed by atoms with Gasteiger partial charge in [-0.25, -0.2) is 0 Å². The normalized spacial score (nSPS) is 17.4. The maximum Gasteiger partial charge on any atom is 0.260 e. The summed E-state index contributed by atoms with van der Waals surface area (Å²) in [6, 6.07) is 8.28. The van der Waals surface area contributed by atoms with E-state index in [-0.39, 0.29) is 11.9 Å². The summed E-state index contributed by atoms with van der Waals surface area (Å²) in [7, 11) is 0. The van der Waals surface area contributed by atoms with E-state index in [2.05, 4.69) is 12.2 Å². The minimum absolute atomic E-state index is 0.0397. The second-order valence-electron chi connectivity index (χ2n) is 5.52. The number of ether oxygens (including phenoxy) is 1. The van der Waals surface area contributed by atoms with Gasteiger partial charge in [-0.3, -0.25) is 4.79 Å². The van der Waals surface area contributed by atoms with Gasteiger partial charge >= 0.3 is 0 Å². The average Bonchev–Trinajstić information content (AvgIpc) is 3.24. The standard InChI is InChI=1S/C16H24N2O2/c1-3-13(17)10-12-6-4-5-7-15(12)20-11(2)16(19)18-14-8-9-14/h4-7,11,13-14H,3,8-10,17H2,1-2H3,(H,18,19). The number of hydrogen-bond acceptors (Lipinski definition) is 3. The van der Waals surface area contributed by atoms with Crippen LogP contribution in [-0.2, 0) is 11.2 Å². The van der Waals surface area contributed by atoms with Gasteiger partial charge in [0.15, 0.2) is 6.10 Å². The molecule has 1 aliphatic carbocycles. The van der Waals surface area contributed by atoms with Crippen LogP contribution in [0.5, 0.6) is 5.75 Å². The molecule has 1 fully saturated rings. The van der Waals surface area contributed by atoms with Gasteiger partial charge in [-0.1, -0.05) is 25.1 Å². The summed E-state index contributed by atoms with van der Waals surface area (Å²) in [5, 5.41) is 2.96. The van der Waals surface area contributed by atoms with Crippen LogP contribution in [0.3, 0.4) is 0 Å². The fraction of sp³-hybridized carbons (Fsp3) is 0.562. The summed E-state index contributed by atoms with van der Waals surface area (Å²) in [4.78, 5) is 11.9. The first kappa shape index (κ1) is 14.9. The van der Waals surface area contributed by atoms with Crippen LogP contribution >= 0.6 is 0 Å². The van der Waals surface area contributed by atoms with Gasteiger partial charge in [0.2, 0.25) is 0 Å². The molecule has 1 aromatic rings. The van der Waals surface area contributed by atoms with Crippen molar-refractivity contribution in [2.45, 2.75) is 57.7 Å². The number of nitrogens with two attached hydrogens (primary N) is 1. The Hall–Kier alpha value is -1.55. The Bertz CT molecular complexity index is 458. The van der Waals surface area contributed by atoms with Gasteiger partial charge in [0.05, 0.1) is 0 Å². The van der Waals surface area contributed by atoms with E-state index in [1.54, 1.807) is 6.92 Å². The number of carbonyl (C=O) groups is 1. The highest BCUT2D eigenvalue weighted by atomic mass is 16.5. The number of rotatable bonds is 7. The molecule has 1 aliphatic rings. The Labute approximate surface area is 120 Å². The van der Waals surface area contributed by atoms with Gasteiger partial charge in [-0.15, -0.1) is 0 Å². The summed E-state index contributed by atoms with van der Waals surface area (Å²) in [6.45, 7) is 3.86. The average molecular weight is 276 g/mol. The molecule has 2 rings (SSSR count). The number of nitrogens with one attached hydrogen (secondary N) is 1. The SMILES string of the molecule is CCC(N)Cc1ccccc1OC(C)C(=O)NC1CC1. The second kappa shape index (κ2) is 6.75. The van der Waals surface area contributed by atoms with Gasteiger partial charge in [-0.2, -0.15) is 0 Å². The van der Waals surface area contributed by atoms with Crippen molar-refractivity contribution < 1.29 is 9.53 Å². The van der Waals surface area contributed by atoms with Crippen molar-refractivity contribution in [3.05, 3.63) is 29.8 Å². The zero-order valence-electron chi connectivity index (χ0n) is 12.3. The fourth-order valence-electron chi connectivity index (χ4n) is 2.00. The Morgan fingerprint density at radius 1 is 1.45 bits per heavy atom. The topological polar surface area (TPSA) is 64.3 Å². The minimum atomic E-state index is -0.477. The number of amides is 1. The smallest absolute Gasteiger partial charge is 0.260 e. The molecule has 2 unspecified atom stereocenters. The maximum atomic E-state index is 11.9. The van der Waals surface area contributed by atoms with Crippen molar-refractivity contribution >= 4 is 5.91 Å². The van der Waals surface area contributed by atoms with Crippen LogP contribution in [0.4, 0.5) is 0 Å². The molecule has 0 aromatic heterocycles. The monoisotopic (exact) mass is 276 g/mol. The van der Waals surface area contributed by atoms with Gasteiger partial charge < -0.3 is 15.8 Å². The molecule has 3 N–H and O–H groups in total. The lowest BCUT2D eigenvalue weighted by molar-refractivity contribution is -0.127. The lowest BCUT2D eigenvalue weighted by Crippen LogP contribution is -2.37. The molecule has 1 aromatic carbocycles. The zero-order valence-corrected chi connectivity index (χ0v) is 12.3. The summed E-state index contributed by atoms with van der Waals surface area (Å²) in [6.07, 6.45) is 3.38. The highest BCUT2D eigenvalue weighted by Gasteiger charge is 2.26. The van der Waals surface area contributed by atoms with Crippen LogP contribution in [0.2, 0.25) is 0 Å². The van der Waals surface area contributed by atoms with Crippen molar-refractivity contribution in [1.82, 2.24) is 5.32 Å². The largest absolute Gasteiger partial charge is 0.481 e. The quantitative estimate of drug-likeness (QED) is 0.800. The first-order valence-electron chi connectivity index (χ1n) is 7.40. The van der Waals surface area contributed by atoms with Crippen LogP contribution in [0.15, 0.2) is 24.3 Å². The highest BCUT2D eigenvalue weighted by Crippen LogP contribution is 2.22. The van der Waals surface area contributed by atoms with Crippen LogP contribution in [0, 0.1) is 0 Å². The molecule has 110 valence electrons. The Morgan fingerprint density at radius 2 is 2.15 bits per heavy atom. The van der Waals surface area contributed by atoms with Gasteiger partial charge in [0.25, 0.3) is 5.91 Å². The lowest BCUT2D eigenvalue weighted by Gasteiger charge is -2.18. The van der Waals surface area contributed by atoms with Crippen LogP contribution in [0.1, 0.15) is 38.7 Å². The molecule has 4 nitrogen and oxygen atoms in total. The molecule has 0 saturated heterocycles. The van der Waals surface area contributed by atoms with Crippen LogP contribution < -0.4 is 15.8 Å². The van der Waals surface area contributed by atoms with Gasteiger partial charge in [0.1, 0.15) is 5.75 Å². The predicted molar refractivity (Wildman–Crippen MR) is 79.7 cm³/mol. The van der Waals surface area contributed by atoms with E-state index in [1.165, 1.54) is 0 Å². The van der Waals surface area contributed by atoms with E-state index >= 15 is 0 Å². The molecule has 0 aliphatic heterocycles. The van der Waals surface area contributed by atoms with Crippen molar-refractivity contribution in [3.63, 3.8) is 0 Å². The lowest BCUT2D eigenvalue weighted by atomic mass is 10.0. The summed E-state index contributed by atoms with van der Waals surface area (Å²) in [5.41, 5.74) is 7.07. The van der Waals surface area contributed by atoms with Crippen LogP contribution in [0.25, 0.3) is 0 Å². The van der Waals surface area contributed by atoms with E-state index in [9.17, 15) is 4.79 Å². The van der Waals surface area contributed by atoms with E-state index in [0.717, 1.165) is 37.0 Å². The predicted octanol–water partition coefficient (Wildman–Crippen LogP) is 2.01. The summed E-state index contributed by atoms with van der Waals surface area (Å²) >= 11 is 0. The third kappa shape index (κ3) is 4.23. The Balaban J connectivity index is 1.98. The van der Waals surface area contributed by atoms with Crippen molar-refractivity contribution in [3.8, 4) is 5.75 Å². The molecule has 4 heteroatoms. The maximum absolute atomic E-state index is 11.9. The van der Waals surface area contributed by atoms with E-state index < -0.39 is 6.10 Å². The van der Waals surface area contributed by atoms with Crippen molar-refractivity contribution in [1.29, 1.82) is 0 Å². The summed E-state index contributed by atoms with van der Waals surface area (Å²) < 4.78 is 5.81. The summed E-state index contributed by atoms with van der Waals surface area (Å²) in [5.74, 6) is 0.719. The molecule has 1 saturated carbocycles. The fourth-order valence-corrected chi connectivity index (χ4v) is 2.00. The number of carbonyl (C=O) groups excluding carboxylic acids is 1. The van der Waals surface area contributed by atoms with Crippen molar-refractivity contribution in [2.24, 2.45) is 5.73 Å². The molecule has 2 atom stereocenters. The van der Waals surface area contributed by atoms with E-state index in [1.807, 2.05) is 24.3 Å². The highest BCUT2D eigenvalue weighted by molar-refractivity contribution is 5.81. The molecule has 0 bridgehead atoms. The second-order valence-corrected chi connectivity index (χ2v) is 5.52. The third-order valence-corrected chi connectivity index (χ3v) is 3.58. The van der Waals surface area contributed by atoms with Gasteiger partial charge in [0, 0.05) is 12.1 Å². The minimum Gasteiger partial charge on any atom is -0.481 e. The number of hydrogen-bond donors (Lipinski definition) is 2. The molecule has 0 heterocycles. The van der Waals surface area contributed by atoms with E-state index in [4.69, 9.17) is 10.5 Å². The van der Waals surface area contributed by atoms with Crippen molar-refractivity contribution in [2.75, 3.05) is 0 Å². The third-order valence-electron chi connectivity index (χ3n) is 3.58.